The molecule has 2 aromatic rings. The first-order valence-electron chi connectivity index (χ1n) is 8.25. The Morgan fingerprint density at radius 3 is 2.31 bits per heavy atom. The van der Waals surface area contributed by atoms with Crippen LogP contribution in [0, 0.1) is 0 Å². The van der Waals surface area contributed by atoms with Crippen molar-refractivity contribution in [2.75, 3.05) is 14.2 Å². The summed E-state index contributed by atoms with van der Waals surface area (Å²) in [7, 11) is 3.28. The Hall–Kier alpha value is -2.50. The predicted octanol–water partition coefficient (Wildman–Crippen LogP) is 4.87. The number of carbonyl (C=O) groups is 1. The number of para-hydroxylation sites is 1. The summed E-state index contributed by atoms with van der Waals surface area (Å²) in [5.74, 6) is 0.455. The third-order valence-electron chi connectivity index (χ3n) is 4.31. The molecule has 1 atom stereocenters. The third kappa shape index (κ3) is 5.00. The smallest absolute Gasteiger partial charge is 0.416 e. The van der Waals surface area contributed by atoms with Crippen LogP contribution in [0.15, 0.2) is 48.5 Å². The van der Waals surface area contributed by atoms with Crippen molar-refractivity contribution in [1.82, 2.24) is 4.90 Å². The molecule has 0 aliphatic heterocycles. The van der Waals surface area contributed by atoms with Gasteiger partial charge in [0.1, 0.15) is 5.75 Å². The number of hydrogen-bond acceptors (Lipinski definition) is 2. The van der Waals surface area contributed by atoms with Crippen LogP contribution < -0.4 is 4.74 Å². The number of carbonyl (C=O) groups excluding carboxylic acids is 1. The Morgan fingerprint density at radius 1 is 1.12 bits per heavy atom. The van der Waals surface area contributed by atoms with Crippen LogP contribution in [0.4, 0.5) is 13.2 Å². The number of benzene rings is 2. The van der Waals surface area contributed by atoms with Gasteiger partial charge in [-0.15, -0.1) is 0 Å². The molecular weight excluding hydrogens is 343 g/mol. The van der Waals surface area contributed by atoms with E-state index in [1.54, 1.807) is 19.1 Å². The summed E-state index contributed by atoms with van der Waals surface area (Å²) in [6, 6.07) is 12.4. The first-order valence-corrected chi connectivity index (χ1v) is 8.25. The molecule has 1 unspecified atom stereocenters. The fraction of sp³-hybridized carbons (Fsp3) is 0.350. The van der Waals surface area contributed by atoms with E-state index in [-0.39, 0.29) is 18.2 Å². The monoisotopic (exact) mass is 365 g/mol. The Balaban J connectivity index is 1.99. The molecule has 0 bridgehead atoms. The first-order chi connectivity index (χ1) is 12.2. The van der Waals surface area contributed by atoms with E-state index < -0.39 is 11.7 Å². The van der Waals surface area contributed by atoms with Gasteiger partial charge in [0.2, 0.25) is 5.91 Å². The van der Waals surface area contributed by atoms with Crippen molar-refractivity contribution < 1.29 is 22.7 Å². The molecule has 0 aliphatic rings. The summed E-state index contributed by atoms with van der Waals surface area (Å²) in [6.45, 7) is 2.24. The maximum absolute atomic E-state index is 12.6. The number of rotatable bonds is 6. The highest BCUT2D eigenvalue weighted by molar-refractivity contribution is 5.76. The zero-order chi connectivity index (χ0) is 19.3. The average molecular weight is 365 g/mol. The Labute approximate surface area is 151 Å². The molecule has 0 fully saturated rings. The second kappa shape index (κ2) is 8.25. The second-order valence-electron chi connectivity index (χ2n) is 6.29. The van der Waals surface area contributed by atoms with Crippen LogP contribution in [-0.2, 0) is 17.5 Å². The molecule has 26 heavy (non-hydrogen) atoms. The number of halogens is 3. The van der Waals surface area contributed by atoms with Crippen LogP contribution in [-0.4, -0.2) is 25.0 Å². The molecule has 1 amide bonds. The van der Waals surface area contributed by atoms with Crippen molar-refractivity contribution in [2.45, 2.75) is 32.0 Å². The Bertz CT molecular complexity index is 741. The van der Waals surface area contributed by atoms with Gasteiger partial charge in [0.15, 0.2) is 0 Å². The van der Waals surface area contributed by atoms with Gasteiger partial charge < -0.3 is 9.64 Å². The number of ether oxygens (including phenoxy) is 1. The van der Waals surface area contributed by atoms with Gasteiger partial charge in [-0.3, -0.25) is 4.79 Å². The molecule has 0 saturated heterocycles. The molecule has 0 N–H and O–H groups in total. The summed E-state index contributed by atoms with van der Waals surface area (Å²) in [5.41, 5.74) is 0.915. The standard InChI is InChI=1S/C20H22F3NO2/c1-14(15-8-10-17(11-9-15)20(21,22)23)12-19(25)24(2)13-16-6-4-5-7-18(16)26-3/h4-11,14H,12-13H2,1-3H3. The minimum atomic E-state index is -4.35. The fourth-order valence-corrected chi connectivity index (χ4v) is 2.71. The molecule has 0 heterocycles. The van der Waals surface area contributed by atoms with Crippen LogP contribution >= 0.6 is 0 Å². The van der Waals surface area contributed by atoms with Crippen molar-refractivity contribution in [1.29, 1.82) is 0 Å². The van der Waals surface area contributed by atoms with Gasteiger partial charge in [-0.2, -0.15) is 13.2 Å². The number of amides is 1. The first kappa shape index (κ1) is 19.8. The number of nitrogens with zero attached hydrogens (tertiary/aromatic N) is 1. The van der Waals surface area contributed by atoms with Gasteiger partial charge in [-0.1, -0.05) is 37.3 Å². The SMILES string of the molecule is COc1ccccc1CN(C)C(=O)CC(C)c1ccc(C(F)(F)F)cc1. The van der Waals surface area contributed by atoms with Crippen molar-refractivity contribution >= 4 is 5.91 Å². The Kier molecular flexibility index (Phi) is 6.29. The summed E-state index contributed by atoms with van der Waals surface area (Å²) < 4.78 is 43.2. The van der Waals surface area contributed by atoms with Gasteiger partial charge in [-0.05, 0) is 29.7 Å². The Morgan fingerprint density at radius 2 is 1.73 bits per heavy atom. The van der Waals surface area contributed by atoms with Crippen molar-refractivity contribution in [2.24, 2.45) is 0 Å². The van der Waals surface area contributed by atoms with Crippen LogP contribution in [0.2, 0.25) is 0 Å². The summed E-state index contributed by atoms with van der Waals surface area (Å²) in [5, 5.41) is 0. The zero-order valence-electron chi connectivity index (χ0n) is 15.0. The van der Waals surface area contributed by atoms with Crippen molar-refractivity contribution in [3.8, 4) is 5.75 Å². The number of hydrogen-bond donors (Lipinski definition) is 0. The highest BCUT2D eigenvalue weighted by atomic mass is 19.4. The molecular formula is C20H22F3NO2. The largest absolute Gasteiger partial charge is 0.496 e. The van der Waals surface area contributed by atoms with Gasteiger partial charge in [0.05, 0.1) is 12.7 Å². The van der Waals surface area contributed by atoms with Crippen LogP contribution in [0.3, 0.4) is 0 Å². The summed E-state index contributed by atoms with van der Waals surface area (Å²) in [6.07, 6.45) is -4.14. The molecule has 0 aliphatic carbocycles. The fourth-order valence-electron chi connectivity index (χ4n) is 2.71. The van der Waals surface area contributed by atoms with E-state index in [1.807, 2.05) is 31.2 Å². The molecule has 2 aromatic carbocycles. The molecule has 0 radical (unpaired) electrons. The summed E-state index contributed by atoms with van der Waals surface area (Å²) in [4.78, 5) is 14.1. The highest BCUT2D eigenvalue weighted by Gasteiger charge is 2.30. The molecule has 0 spiro atoms. The topological polar surface area (TPSA) is 29.5 Å². The van der Waals surface area contributed by atoms with Gasteiger partial charge in [-0.25, -0.2) is 0 Å². The minimum absolute atomic E-state index is 0.0803. The maximum Gasteiger partial charge on any atom is 0.416 e. The lowest BCUT2D eigenvalue weighted by Gasteiger charge is -2.21. The molecule has 0 aromatic heterocycles. The lowest BCUT2D eigenvalue weighted by molar-refractivity contribution is -0.137. The second-order valence-corrected chi connectivity index (χ2v) is 6.29. The molecule has 0 saturated carbocycles. The van der Waals surface area contributed by atoms with E-state index in [2.05, 4.69) is 0 Å². The van der Waals surface area contributed by atoms with Crippen LogP contribution in [0.5, 0.6) is 5.75 Å². The number of methoxy groups -OCH3 is 1. The minimum Gasteiger partial charge on any atom is -0.496 e. The van der Waals surface area contributed by atoms with Gasteiger partial charge in [0.25, 0.3) is 0 Å². The van der Waals surface area contributed by atoms with E-state index >= 15 is 0 Å². The van der Waals surface area contributed by atoms with Gasteiger partial charge in [0, 0.05) is 25.6 Å². The lowest BCUT2D eigenvalue weighted by Crippen LogP contribution is -2.27. The number of alkyl halides is 3. The van der Waals surface area contributed by atoms with Crippen molar-refractivity contribution in [3.63, 3.8) is 0 Å². The van der Waals surface area contributed by atoms with E-state index in [1.165, 1.54) is 12.1 Å². The molecule has 3 nitrogen and oxygen atoms in total. The van der Waals surface area contributed by atoms with Crippen LogP contribution in [0.1, 0.15) is 36.0 Å². The normalized spacial score (nSPS) is 12.5. The summed E-state index contributed by atoms with van der Waals surface area (Å²) >= 11 is 0. The van der Waals surface area contributed by atoms with Gasteiger partial charge >= 0.3 is 6.18 Å². The molecule has 6 heteroatoms. The van der Waals surface area contributed by atoms with E-state index in [0.29, 0.717) is 17.9 Å². The maximum atomic E-state index is 12.6. The highest BCUT2D eigenvalue weighted by Crippen LogP contribution is 2.31. The molecule has 2 rings (SSSR count). The molecule has 140 valence electrons. The predicted molar refractivity (Wildman–Crippen MR) is 93.9 cm³/mol. The lowest BCUT2D eigenvalue weighted by atomic mass is 9.96. The van der Waals surface area contributed by atoms with Crippen molar-refractivity contribution in [3.05, 3.63) is 65.2 Å². The van der Waals surface area contributed by atoms with E-state index in [4.69, 9.17) is 4.74 Å². The van der Waals surface area contributed by atoms with E-state index in [9.17, 15) is 18.0 Å². The van der Waals surface area contributed by atoms with Crippen LogP contribution in [0.25, 0.3) is 0 Å². The quantitative estimate of drug-likeness (QED) is 0.731. The third-order valence-corrected chi connectivity index (χ3v) is 4.31. The average Bonchev–Trinajstić information content (AvgIpc) is 2.61. The zero-order valence-corrected chi connectivity index (χ0v) is 15.0. The van der Waals surface area contributed by atoms with E-state index in [0.717, 1.165) is 17.7 Å².